The molecule has 0 unspecified atom stereocenters. The predicted octanol–water partition coefficient (Wildman–Crippen LogP) is 1.61. The molecule has 0 aliphatic heterocycles. The van der Waals surface area contributed by atoms with Gasteiger partial charge in [0.2, 0.25) is 5.82 Å². The summed E-state index contributed by atoms with van der Waals surface area (Å²) >= 11 is 3.34. The molecule has 2 rings (SSSR count). The second-order valence-electron chi connectivity index (χ2n) is 2.70. The van der Waals surface area contributed by atoms with Crippen LogP contribution in [0.25, 0.3) is 5.65 Å². The SMILES string of the molecule is Cc1cc(Br)cn2nc(C=O)nc12. The fraction of sp³-hybridized carbons (Fsp3) is 0.125. The molecule has 0 spiro atoms. The minimum absolute atomic E-state index is 0.209. The molecule has 2 aromatic heterocycles. The third-order valence-electron chi connectivity index (χ3n) is 1.71. The summed E-state index contributed by atoms with van der Waals surface area (Å²) in [7, 11) is 0. The van der Waals surface area contributed by atoms with E-state index in [-0.39, 0.29) is 5.82 Å². The lowest BCUT2D eigenvalue weighted by molar-refractivity contribution is 0.111. The summed E-state index contributed by atoms with van der Waals surface area (Å²) < 4.78 is 2.50. The molecule has 5 heteroatoms. The van der Waals surface area contributed by atoms with Crippen molar-refractivity contribution in [3.63, 3.8) is 0 Å². The van der Waals surface area contributed by atoms with Crippen LogP contribution in [0.15, 0.2) is 16.7 Å². The molecular weight excluding hydrogens is 234 g/mol. The highest BCUT2D eigenvalue weighted by atomic mass is 79.9. The largest absolute Gasteiger partial charge is 0.294 e. The lowest BCUT2D eigenvalue weighted by atomic mass is 10.3. The van der Waals surface area contributed by atoms with Crippen molar-refractivity contribution in [2.45, 2.75) is 6.92 Å². The molecule has 0 aliphatic rings. The number of aldehydes is 1. The Hall–Kier alpha value is -1.23. The lowest BCUT2D eigenvalue weighted by Gasteiger charge is -1.96. The molecule has 0 aliphatic carbocycles. The third-order valence-corrected chi connectivity index (χ3v) is 2.14. The molecule has 0 amide bonds. The van der Waals surface area contributed by atoms with Gasteiger partial charge in [0.1, 0.15) is 0 Å². The van der Waals surface area contributed by atoms with E-state index in [4.69, 9.17) is 0 Å². The molecular formula is C8H6BrN3O. The summed E-state index contributed by atoms with van der Waals surface area (Å²) in [5, 5.41) is 3.96. The number of pyridine rings is 1. The normalized spacial score (nSPS) is 10.6. The quantitative estimate of drug-likeness (QED) is 0.711. The zero-order valence-electron chi connectivity index (χ0n) is 6.86. The van der Waals surface area contributed by atoms with E-state index in [2.05, 4.69) is 26.0 Å². The van der Waals surface area contributed by atoms with Crippen molar-refractivity contribution >= 4 is 27.9 Å². The van der Waals surface area contributed by atoms with Crippen molar-refractivity contribution in [3.05, 3.63) is 28.1 Å². The van der Waals surface area contributed by atoms with E-state index >= 15 is 0 Å². The monoisotopic (exact) mass is 239 g/mol. The molecule has 0 N–H and O–H groups in total. The van der Waals surface area contributed by atoms with Gasteiger partial charge in [-0.3, -0.25) is 4.79 Å². The van der Waals surface area contributed by atoms with Crippen LogP contribution in [0.1, 0.15) is 16.2 Å². The number of aromatic nitrogens is 3. The highest BCUT2D eigenvalue weighted by molar-refractivity contribution is 9.10. The molecule has 0 atom stereocenters. The van der Waals surface area contributed by atoms with Gasteiger partial charge in [0.15, 0.2) is 11.9 Å². The molecule has 0 saturated carbocycles. The number of fused-ring (bicyclic) bond motifs is 1. The summed E-state index contributed by atoms with van der Waals surface area (Å²) in [5.41, 5.74) is 1.69. The molecule has 0 bridgehead atoms. The second-order valence-corrected chi connectivity index (χ2v) is 3.61. The Labute approximate surface area is 82.7 Å². The molecule has 0 saturated heterocycles. The van der Waals surface area contributed by atoms with Gasteiger partial charge in [-0.25, -0.2) is 9.50 Å². The van der Waals surface area contributed by atoms with E-state index in [1.54, 1.807) is 10.7 Å². The fourth-order valence-electron chi connectivity index (χ4n) is 1.17. The summed E-state index contributed by atoms with van der Waals surface area (Å²) in [6, 6.07) is 1.93. The van der Waals surface area contributed by atoms with Gasteiger partial charge in [-0.2, -0.15) is 0 Å². The van der Waals surface area contributed by atoms with Gasteiger partial charge in [0.05, 0.1) is 0 Å². The molecule has 0 aromatic carbocycles. The topological polar surface area (TPSA) is 47.3 Å². The minimum Gasteiger partial charge on any atom is -0.294 e. The van der Waals surface area contributed by atoms with Crippen LogP contribution in [-0.2, 0) is 0 Å². The molecule has 2 aromatic rings. The van der Waals surface area contributed by atoms with Crippen LogP contribution in [0.4, 0.5) is 0 Å². The molecule has 66 valence electrons. The minimum atomic E-state index is 0.209. The fourth-order valence-corrected chi connectivity index (χ4v) is 1.71. The summed E-state index contributed by atoms with van der Waals surface area (Å²) in [4.78, 5) is 14.5. The molecule has 13 heavy (non-hydrogen) atoms. The van der Waals surface area contributed by atoms with E-state index in [1.807, 2.05) is 13.0 Å². The van der Waals surface area contributed by atoms with Gasteiger partial charge in [0, 0.05) is 10.7 Å². The third kappa shape index (κ3) is 1.35. The van der Waals surface area contributed by atoms with E-state index in [9.17, 15) is 4.79 Å². The van der Waals surface area contributed by atoms with Crippen LogP contribution in [-0.4, -0.2) is 20.9 Å². The zero-order valence-corrected chi connectivity index (χ0v) is 8.45. The number of halogens is 1. The van der Waals surface area contributed by atoms with Gasteiger partial charge in [0.25, 0.3) is 0 Å². The Balaban J connectivity index is 2.82. The van der Waals surface area contributed by atoms with Crippen LogP contribution >= 0.6 is 15.9 Å². The van der Waals surface area contributed by atoms with Crippen molar-refractivity contribution in [1.82, 2.24) is 14.6 Å². The van der Waals surface area contributed by atoms with Crippen molar-refractivity contribution in [1.29, 1.82) is 0 Å². The van der Waals surface area contributed by atoms with Gasteiger partial charge >= 0.3 is 0 Å². The summed E-state index contributed by atoms with van der Waals surface area (Å²) in [6.45, 7) is 1.92. The predicted molar refractivity (Wildman–Crippen MR) is 50.8 cm³/mol. The first kappa shape index (κ1) is 8.37. The second kappa shape index (κ2) is 2.92. The van der Waals surface area contributed by atoms with E-state index < -0.39 is 0 Å². The number of hydrogen-bond acceptors (Lipinski definition) is 3. The Morgan fingerprint density at radius 1 is 1.62 bits per heavy atom. The molecule has 0 fully saturated rings. The Morgan fingerprint density at radius 3 is 3.08 bits per heavy atom. The maximum Gasteiger partial charge on any atom is 0.214 e. The number of aryl methyl sites for hydroxylation is 1. The number of rotatable bonds is 1. The number of carbonyl (C=O) groups excluding carboxylic acids is 1. The van der Waals surface area contributed by atoms with Crippen LogP contribution in [0, 0.1) is 6.92 Å². The number of carbonyl (C=O) groups is 1. The highest BCUT2D eigenvalue weighted by Gasteiger charge is 2.05. The molecule has 0 radical (unpaired) electrons. The first-order chi connectivity index (χ1) is 6.20. The molecule has 4 nitrogen and oxygen atoms in total. The summed E-state index contributed by atoms with van der Waals surface area (Å²) in [6.07, 6.45) is 2.41. The van der Waals surface area contributed by atoms with Gasteiger partial charge in [-0.05, 0) is 34.5 Å². The number of nitrogens with zero attached hydrogens (tertiary/aromatic N) is 3. The van der Waals surface area contributed by atoms with Crippen molar-refractivity contribution in [2.24, 2.45) is 0 Å². The maximum atomic E-state index is 10.4. The first-order valence-electron chi connectivity index (χ1n) is 3.68. The van der Waals surface area contributed by atoms with E-state index in [0.29, 0.717) is 11.9 Å². The number of hydrogen-bond donors (Lipinski definition) is 0. The highest BCUT2D eigenvalue weighted by Crippen LogP contribution is 2.14. The van der Waals surface area contributed by atoms with Gasteiger partial charge in [-0.15, -0.1) is 5.10 Å². The lowest BCUT2D eigenvalue weighted by Crippen LogP contribution is -1.89. The Morgan fingerprint density at radius 2 is 2.38 bits per heavy atom. The average Bonchev–Trinajstić information content (AvgIpc) is 2.47. The van der Waals surface area contributed by atoms with Gasteiger partial charge < -0.3 is 0 Å². The average molecular weight is 240 g/mol. The van der Waals surface area contributed by atoms with E-state index in [1.165, 1.54) is 0 Å². The van der Waals surface area contributed by atoms with Crippen LogP contribution < -0.4 is 0 Å². The van der Waals surface area contributed by atoms with Crippen LogP contribution in [0.5, 0.6) is 0 Å². The zero-order chi connectivity index (χ0) is 9.42. The smallest absolute Gasteiger partial charge is 0.214 e. The van der Waals surface area contributed by atoms with Gasteiger partial charge in [-0.1, -0.05) is 0 Å². The van der Waals surface area contributed by atoms with Crippen LogP contribution in [0.3, 0.4) is 0 Å². The summed E-state index contributed by atoms with van der Waals surface area (Å²) in [5.74, 6) is 0.209. The molecule has 2 heterocycles. The maximum absolute atomic E-state index is 10.4. The van der Waals surface area contributed by atoms with Crippen molar-refractivity contribution in [3.8, 4) is 0 Å². The Bertz CT molecular complexity index is 477. The Kier molecular flexibility index (Phi) is 1.88. The van der Waals surface area contributed by atoms with Crippen molar-refractivity contribution < 1.29 is 4.79 Å². The van der Waals surface area contributed by atoms with Crippen molar-refractivity contribution in [2.75, 3.05) is 0 Å². The van der Waals surface area contributed by atoms with E-state index in [0.717, 1.165) is 10.0 Å². The van der Waals surface area contributed by atoms with Crippen LogP contribution in [0.2, 0.25) is 0 Å². The standard InChI is InChI=1S/C8H6BrN3O/c1-5-2-6(9)3-12-8(5)10-7(4-13)11-12/h2-4H,1H3. The first-order valence-corrected chi connectivity index (χ1v) is 4.48.